The Bertz CT molecular complexity index is 434. The lowest BCUT2D eigenvalue weighted by Gasteiger charge is -2.14. The van der Waals surface area contributed by atoms with Gasteiger partial charge in [0.15, 0.2) is 5.92 Å². The van der Waals surface area contributed by atoms with Crippen molar-refractivity contribution >= 4 is 5.97 Å². The van der Waals surface area contributed by atoms with Crippen molar-refractivity contribution in [3.63, 3.8) is 0 Å². The third kappa shape index (κ3) is 2.22. The van der Waals surface area contributed by atoms with Gasteiger partial charge >= 0.3 is 5.97 Å². The first-order valence-electron chi connectivity index (χ1n) is 5.06. The van der Waals surface area contributed by atoms with Gasteiger partial charge in [-0.3, -0.25) is 4.79 Å². The maximum atomic E-state index is 11.5. The van der Waals surface area contributed by atoms with Gasteiger partial charge in [-0.1, -0.05) is 17.7 Å². The Morgan fingerprint density at radius 2 is 1.81 bits per heavy atom. The molecule has 16 heavy (non-hydrogen) atoms. The summed E-state index contributed by atoms with van der Waals surface area (Å²) in [4.78, 5) is 11.5. The minimum atomic E-state index is -0.828. The zero-order valence-corrected chi connectivity index (χ0v) is 10.00. The molecule has 0 amide bonds. The quantitative estimate of drug-likeness (QED) is 0.715. The van der Waals surface area contributed by atoms with Gasteiger partial charge in [-0.2, -0.15) is 5.26 Å². The molecule has 1 atom stereocenters. The molecule has 0 aliphatic rings. The fourth-order valence-corrected chi connectivity index (χ4v) is 2.00. The number of nitriles is 1. The van der Waals surface area contributed by atoms with Crippen LogP contribution in [0.2, 0.25) is 0 Å². The zero-order valence-electron chi connectivity index (χ0n) is 10.00. The van der Waals surface area contributed by atoms with E-state index in [1.807, 2.05) is 39.0 Å². The predicted octanol–water partition coefficient (Wildman–Crippen LogP) is 2.39. The number of hydrogen-bond acceptors (Lipinski definition) is 3. The summed E-state index contributed by atoms with van der Waals surface area (Å²) in [5.41, 5.74) is 3.80. The van der Waals surface area contributed by atoms with Gasteiger partial charge in [-0.25, -0.2) is 0 Å². The Morgan fingerprint density at radius 1 is 1.31 bits per heavy atom. The molecule has 0 N–H and O–H groups in total. The number of esters is 1. The summed E-state index contributed by atoms with van der Waals surface area (Å²) >= 11 is 0. The van der Waals surface area contributed by atoms with Crippen molar-refractivity contribution in [3.8, 4) is 6.07 Å². The maximum Gasteiger partial charge on any atom is 0.327 e. The molecule has 0 saturated carbocycles. The Morgan fingerprint density at radius 3 is 2.19 bits per heavy atom. The molecule has 0 saturated heterocycles. The monoisotopic (exact) mass is 217 g/mol. The summed E-state index contributed by atoms with van der Waals surface area (Å²) in [7, 11) is 1.30. The highest BCUT2D eigenvalue weighted by Crippen LogP contribution is 2.25. The fraction of sp³-hybridized carbons (Fsp3) is 0.385. The van der Waals surface area contributed by atoms with Crippen LogP contribution in [0.3, 0.4) is 0 Å². The van der Waals surface area contributed by atoms with E-state index in [0.29, 0.717) is 0 Å². The molecular formula is C13H15NO2. The normalized spacial score (nSPS) is 11.7. The molecule has 1 unspecified atom stereocenters. The highest BCUT2D eigenvalue weighted by molar-refractivity contribution is 5.82. The van der Waals surface area contributed by atoms with Crippen molar-refractivity contribution in [2.75, 3.05) is 7.11 Å². The minimum absolute atomic E-state index is 0.502. The molecule has 0 aromatic heterocycles. The lowest BCUT2D eigenvalue weighted by atomic mass is 9.90. The number of carbonyl (C=O) groups excluding carboxylic acids is 1. The number of carbonyl (C=O) groups is 1. The highest BCUT2D eigenvalue weighted by Gasteiger charge is 2.24. The number of nitrogens with zero attached hydrogens (tertiary/aromatic N) is 1. The van der Waals surface area contributed by atoms with Crippen LogP contribution in [0, 0.1) is 32.1 Å². The van der Waals surface area contributed by atoms with Gasteiger partial charge < -0.3 is 4.74 Å². The third-order valence-electron chi connectivity index (χ3n) is 2.59. The van der Waals surface area contributed by atoms with E-state index in [-0.39, 0.29) is 0 Å². The summed E-state index contributed by atoms with van der Waals surface area (Å²) in [5.74, 6) is -1.33. The lowest BCUT2D eigenvalue weighted by molar-refractivity contribution is -0.141. The van der Waals surface area contributed by atoms with Crippen LogP contribution in [0.4, 0.5) is 0 Å². The lowest BCUT2D eigenvalue weighted by Crippen LogP contribution is -2.15. The predicted molar refractivity (Wildman–Crippen MR) is 61.0 cm³/mol. The molecule has 3 heteroatoms. The van der Waals surface area contributed by atoms with Crippen molar-refractivity contribution in [1.29, 1.82) is 5.26 Å². The number of aryl methyl sites for hydroxylation is 3. The van der Waals surface area contributed by atoms with E-state index in [2.05, 4.69) is 4.74 Å². The van der Waals surface area contributed by atoms with E-state index in [9.17, 15) is 4.79 Å². The first-order valence-corrected chi connectivity index (χ1v) is 5.06. The molecule has 1 aromatic carbocycles. The first-order chi connectivity index (χ1) is 7.51. The average molecular weight is 217 g/mol. The molecule has 1 aromatic rings. The van der Waals surface area contributed by atoms with Gasteiger partial charge in [0.05, 0.1) is 13.2 Å². The van der Waals surface area contributed by atoms with E-state index in [0.717, 1.165) is 22.3 Å². The Balaban J connectivity index is 3.32. The Hall–Kier alpha value is -1.82. The molecule has 0 aliphatic carbocycles. The summed E-state index contributed by atoms with van der Waals surface area (Å²) in [6.45, 7) is 5.80. The molecule has 0 spiro atoms. The molecule has 0 heterocycles. The number of ether oxygens (including phenoxy) is 1. The largest absolute Gasteiger partial charge is 0.468 e. The van der Waals surface area contributed by atoms with Crippen LogP contribution in [-0.4, -0.2) is 13.1 Å². The van der Waals surface area contributed by atoms with Crippen LogP contribution in [-0.2, 0) is 9.53 Å². The highest BCUT2D eigenvalue weighted by atomic mass is 16.5. The van der Waals surface area contributed by atoms with Crippen molar-refractivity contribution in [1.82, 2.24) is 0 Å². The number of rotatable bonds is 2. The molecule has 1 rings (SSSR count). The van der Waals surface area contributed by atoms with E-state index < -0.39 is 11.9 Å². The van der Waals surface area contributed by atoms with E-state index in [4.69, 9.17) is 5.26 Å². The summed E-state index contributed by atoms with van der Waals surface area (Å²) in [6, 6.07) is 5.93. The average Bonchev–Trinajstić information content (AvgIpc) is 2.22. The molecule has 3 nitrogen and oxygen atoms in total. The molecule has 0 fully saturated rings. The van der Waals surface area contributed by atoms with Gasteiger partial charge in [0.1, 0.15) is 0 Å². The van der Waals surface area contributed by atoms with Gasteiger partial charge in [-0.05, 0) is 37.5 Å². The SMILES string of the molecule is COC(=O)C(C#N)c1c(C)cc(C)cc1C. The second-order valence-electron chi connectivity index (χ2n) is 3.90. The van der Waals surface area contributed by atoms with Crippen LogP contribution in [0.1, 0.15) is 28.2 Å². The second kappa shape index (κ2) is 4.80. The Kier molecular flexibility index (Phi) is 3.68. The summed E-state index contributed by atoms with van der Waals surface area (Å²) in [6.07, 6.45) is 0. The zero-order chi connectivity index (χ0) is 12.3. The third-order valence-corrected chi connectivity index (χ3v) is 2.59. The van der Waals surface area contributed by atoms with Gasteiger partial charge in [0, 0.05) is 0 Å². The van der Waals surface area contributed by atoms with Crippen molar-refractivity contribution in [2.24, 2.45) is 0 Å². The van der Waals surface area contributed by atoms with Gasteiger partial charge in [0.25, 0.3) is 0 Å². The number of methoxy groups -OCH3 is 1. The smallest absolute Gasteiger partial charge is 0.327 e. The molecule has 84 valence electrons. The first kappa shape index (κ1) is 12.3. The van der Waals surface area contributed by atoms with Crippen LogP contribution in [0.25, 0.3) is 0 Å². The van der Waals surface area contributed by atoms with Crippen molar-refractivity contribution in [2.45, 2.75) is 26.7 Å². The summed E-state index contributed by atoms with van der Waals surface area (Å²) in [5, 5.41) is 9.05. The Labute approximate surface area is 95.7 Å². The number of hydrogen-bond donors (Lipinski definition) is 0. The maximum absolute atomic E-state index is 11.5. The molecule has 0 bridgehead atoms. The summed E-state index contributed by atoms with van der Waals surface area (Å²) < 4.78 is 4.64. The molecular weight excluding hydrogens is 202 g/mol. The fourth-order valence-electron chi connectivity index (χ4n) is 2.00. The van der Waals surface area contributed by atoms with Crippen molar-refractivity contribution in [3.05, 3.63) is 34.4 Å². The number of benzene rings is 1. The van der Waals surface area contributed by atoms with Gasteiger partial charge in [0.2, 0.25) is 0 Å². The van der Waals surface area contributed by atoms with Gasteiger partial charge in [-0.15, -0.1) is 0 Å². The molecule has 0 radical (unpaired) electrons. The van der Waals surface area contributed by atoms with Crippen LogP contribution in [0.5, 0.6) is 0 Å². The minimum Gasteiger partial charge on any atom is -0.468 e. The van der Waals surface area contributed by atoms with E-state index in [1.165, 1.54) is 7.11 Å². The second-order valence-corrected chi connectivity index (χ2v) is 3.90. The van der Waals surface area contributed by atoms with Crippen LogP contribution in [0.15, 0.2) is 12.1 Å². The van der Waals surface area contributed by atoms with E-state index in [1.54, 1.807) is 0 Å². The van der Waals surface area contributed by atoms with Crippen LogP contribution < -0.4 is 0 Å². The van der Waals surface area contributed by atoms with Crippen molar-refractivity contribution < 1.29 is 9.53 Å². The van der Waals surface area contributed by atoms with E-state index >= 15 is 0 Å². The molecule has 0 aliphatic heterocycles. The topological polar surface area (TPSA) is 50.1 Å². The standard InChI is InChI=1S/C13H15NO2/c1-8-5-9(2)12(10(3)6-8)11(7-14)13(15)16-4/h5-6,11H,1-4H3. The van der Waals surface area contributed by atoms with Crippen LogP contribution >= 0.6 is 0 Å².